The van der Waals surface area contributed by atoms with Gasteiger partial charge in [-0.1, -0.05) is 6.92 Å². The number of nitrogens with zero attached hydrogens (tertiary/aromatic N) is 2. The number of nitro groups is 1. The smallest absolute Gasteiger partial charge is 0.358 e. The molecule has 7 heteroatoms. The van der Waals surface area contributed by atoms with Gasteiger partial charge in [-0.25, -0.2) is 0 Å². The molecule has 0 spiro atoms. The molecular weight excluding hydrogens is 226 g/mol. The predicted octanol–water partition coefficient (Wildman–Crippen LogP) is 0.965. The second kappa shape index (κ2) is 5.15. The standard InChI is InChI=1S/C10H11N3O4/c1-3-9(14)12-10(15)7-4-6(2)5-8(11-7)13(16)17/h4-5H,3H2,1-2H3,(H,12,14,15). The van der Waals surface area contributed by atoms with Gasteiger partial charge in [0.1, 0.15) is 0 Å². The summed E-state index contributed by atoms with van der Waals surface area (Å²) in [6.07, 6.45) is 0.152. The van der Waals surface area contributed by atoms with Crippen molar-refractivity contribution in [2.24, 2.45) is 0 Å². The van der Waals surface area contributed by atoms with Gasteiger partial charge in [-0.15, -0.1) is 0 Å². The summed E-state index contributed by atoms with van der Waals surface area (Å²) >= 11 is 0. The molecule has 0 aliphatic heterocycles. The third kappa shape index (κ3) is 3.33. The number of aryl methyl sites for hydroxylation is 1. The maximum atomic E-state index is 11.5. The Morgan fingerprint density at radius 2 is 2.12 bits per heavy atom. The Kier molecular flexibility index (Phi) is 3.86. The van der Waals surface area contributed by atoms with Gasteiger partial charge in [0.15, 0.2) is 0 Å². The molecule has 1 heterocycles. The number of pyridine rings is 1. The minimum absolute atomic E-state index is 0.140. The van der Waals surface area contributed by atoms with Crippen LogP contribution < -0.4 is 5.32 Å². The van der Waals surface area contributed by atoms with Gasteiger partial charge in [-0.2, -0.15) is 0 Å². The minimum Gasteiger partial charge on any atom is -0.358 e. The van der Waals surface area contributed by atoms with Crippen molar-refractivity contribution in [3.8, 4) is 0 Å². The van der Waals surface area contributed by atoms with Crippen LogP contribution in [-0.4, -0.2) is 21.7 Å². The third-order valence-corrected chi connectivity index (χ3v) is 1.95. The predicted molar refractivity (Wildman–Crippen MR) is 58.4 cm³/mol. The molecule has 1 N–H and O–H groups in total. The zero-order valence-corrected chi connectivity index (χ0v) is 9.39. The van der Waals surface area contributed by atoms with Gasteiger partial charge in [0.25, 0.3) is 0 Å². The van der Waals surface area contributed by atoms with E-state index in [1.807, 2.05) is 0 Å². The monoisotopic (exact) mass is 237 g/mol. The molecule has 0 bridgehead atoms. The number of carbonyl (C=O) groups is 2. The molecular formula is C10H11N3O4. The number of nitrogens with one attached hydrogen (secondary N) is 1. The molecule has 0 aliphatic rings. The first-order valence-corrected chi connectivity index (χ1v) is 4.91. The van der Waals surface area contributed by atoms with E-state index in [0.717, 1.165) is 0 Å². The van der Waals surface area contributed by atoms with Crippen LogP contribution in [0.5, 0.6) is 0 Å². The summed E-state index contributed by atoms with van der Waals surface area (Å²) in [7, 11) is 0. The molecule has 0 aliphatic carbocycles. The molecule has 1 aromatic rings. The summed E-state index contributed by atoms with van der Waals surface area (Å²) in [5.41, 5.74) is 0.388. The molecule has 7 nitrogen and oxygen atoms in total. The average Bonchev–Trinajstić information content (AvgIpc) is 2.27. The molecule has 90 valence electrons. The number of carbonyl (C=O) groups excluding carboxylic acids is 2. The van der Waals surface area contributed by atoms with Crippen LogP contribution in [-0.2, 0) is 4.79 Å². The lowest BCUT2D eigenvalue weighted by molar-refractivity contribution is -0.389. The number of hydrogen-bond acceptors (Lipinski definition) is 5. The average molecular weight is 237 g/mol. The molecule has 1 rings (SSSR count). The van der Waals surface area contributed by atoms with E-state index < -0.39 is 22.6 Å². The second-order valence-electron chi connectivity index (χ2n) is 3.38. The van der Waals surface area contributed by atoms with E-state index in [0.29, 0.717) is 5.56 Å². The zero-order valence-electron chi connectivity index (χ0n) is 9.39. The molecule has 0 saturated heterocycles. The van der Waals surface area contributed by atoms with Crippen LogP contribution in [0.1, 0.15) is 29.4 Å². The first-order valence-electron chi connectivity index (χ1n) is 4.91. The van der Waals surface area contributed by atoms with Gasteiger partial charge < -0.3 is 10.1 Å². The summed E-state index contributed by atoms with van der Waals surface area (Å²) in [4.78, 5) is 35.9. The van der Waals surface area contributed by atoms with Gasteiger partial charge in [0.05, 0.1) is 0 Å². The van der Waals surface area contributed by atoms with Gasteiger partial charge >= 0.3 is 11.7 Å². The molecule has 2 amide bonds. The third-order valence-electron chi connectivity index (χ3n) is 1.95. The fourth-order valence-electron chi connectivity index (χ4n) is 1.14. The molecule has 0 aromatic carbocycles. The van der Waals surface area contributed by atoms with Crippen molar-refractivity contribution < 1.29 is 14.5 Å². The van der Waals surface area contributed by atoms with Crippen molar-refractivity contribution in [1.29, 1.82) is 0 Å². The number of hydrogen-bond donors (Lipinski definition) is 1. The highest BCUT2D eigenvalue weighted by atomic mass is 16.6. The van der Waals surface area contributed by atoms with Crippen LogP contribution in [0.3, 0.4) is 0 Å². The van der Waals surface area contributed by atoms with Crippen LogP contribution in [0.25, 0.3) is 0 Å². The van der Waals surface area contributed by atoms with Gasteiger partial charge in [0.2, 0.25) is 11.6 Å². The molecule has 0 unspecified atom stereocenters. The minimum atomic E-state index is -0.733. The first kappa shape index (κ1) is 12.8. The Balaban J connectivity index is 3.01. The van der Waals surface area contributed by atoms with Crippen LogP contribution in [0.2, 0.25) is 0 Å². The van der Waals surface area contributed by atoms with Crippen LogP contribution >= 0.6 is 0 Å². The zero-order chi connectivity index (χ0) is 13.0. The van der Waals surface area contributed by atoms with Crippen molar-refractivity contribution in [1.82, 2.24) is 10.3 Å². The molecule has 0 fully saturated rings. The quantitative estimate of drug-likeness (QED) is 0.623. The molecule has 0 radical (unpaired) electrons. The highest BCUT2D eigenvalue weighted by Crippen LogP contribution is 2.11. The fourth-order valence-corrected chi connectivity index (χ4v) is 1.14. The number of amides is 2. The Morgan fingerprint density at radius 1 is 1.47 bits per heavy atom. The van der Waals surface area contributed by atoms with Crippen molar-refractivity contribution in [2.75, 3.05) is 0 Å². The molecule has 17 heavy (non-hydrogen) atoms. The first-order chi connectivity index (χ1) is 7.93. The summed E-state index contributed by atoms with van der Waals surface area (Å²) in [6.45, 7) is 3.20. The molecule has 0 atom stereocenters. The summed E-state index contributed by atoms with van der Waals surface area (Å²) in [6, 6.07) is 2.63. The molecule has 1 aromatic heterocycles. The Morgan fingerprint density at radius 3 is 2.65 bits per heavy atom. The lowest BCUT2D eigenvalue weighted by atomic mass is 10.2. The van der Waals surface area contributed by atoms with E-state index >= 15 is 0 Å². The topological polar surface area (TPSA) is 102 Å². The second-order valence-corrected chi connectivity index (χ2v) is 3.38. The van der Waals surface area contributed by atoms with Gasteiger partial charge in [-0.3, -0.25) is 14.9 Å². The molecule has 0 saturated carbocycles. The lowest BCUT2D eigenvalue weighted by Gasteiger charge is -2.00. The highest BCUT2D eigenvalue weighted by Gasteiger charge is 2.19. The van der Waals surface area contributed by atoms with E-state index in [1.165, 1.54) is 12.1 Å². The van der Waals surface area contributed by atoms with Crippen LogP contribution in [0, 0.1) is 17.0 Å². The summed E-state index contributed by atoms with van der Waals surface area (Å²) in [5.74, 6) is -1.61. The Bertz CT molecular complexity index is 484. The Labute approximate surface area is 97.0 Å². The highest BCUT2D eigenvalue weighted by molar-refractivity contribution is 6.03. The Hall–Kier alpha value is -2.31. The van der Waals surface area contributed by atoms with E-state index in [2.05, 4.69) is 10.3 Å². The SMILES string of the molecule is CCC(=O)NC(=O)c1cc(C)cc([N+](=O)[O-])n1. The maximum Gasteiger partial charge on any atom is 0.364 e. The van der Waals surface area contributed by atoms with E-state index in [9.17, 15) is 19.7 Å². The lowest BCUT2D eigenvalue weighted by Crippen LogP contribution is -2.30. The van der Waals surface area contributed by atoms with Crippen LogP contribution in [0.4, 0.5) is 5.82 Å². The van der Waals surface area contributed by atoms with Crippen molar-refractivity contribution >= 4 is 17.6 Å². The number of aromatic nitrogens is 1. The van der Waals surface area contributed by atoms with Crippen molar-refractivity contribution in [2.45, 2.75) is 20.3 Å². The van der Waals surface area contributed by atoms with E-state index in [1.54, 1.807) is 13.8 Å². The number of imide groups is 1. The summed E-state index contributed by atoms with van der Waals surface area (Å²) < 4.78 is 0. The normalized spacial score (nSPS) is 9.76. The maximum absolute atomic E-state index is 11.5. The van der Waals surface area contributed by atoms with E-state index in [4.69, 9.17) is 0 Å². The van der Waals surface area contributed by atoms with Crippen molar-refractivity contribution in [3.63, 3.8) is 0 Å². The fraction of sp³-hybridized carbons (Fsp3) is 0.300. The van der Waals surface area contributed by atoms with Gasteiger partial charge in [-0.05, 0) is 28.5 Å². The van der Waals surface area contributed by atoms with Crippen LogP contribution in [0.15, 0.2) is 12.1 Å². The van der Waals surface area contributed by atoms with E-state index in [-0.39, 0.29) is 12.1 Å². The largest absolute Gasteiger partial charge is 0.364 e. The number of rotatable bonds is 3. The summed E-state index contributed by atoms with van der Waals surface area (Å²) in [5, 5.41) is 12.6. The van der Waals surface area contributed by atoms with Gasteiger partial charge in [0, 0.05) is 12.5 Å². The van der Waals surface area contributed by atoms with Crippen molar-refractivity contribution in [3.05, 3.63) is 33.5 Å².